The Bertz CT molecular complexity index is 1900. The van der Waals surface area contributed by atoms with Crippen LogP contribution in [0.3, 0.4) is 0 Å². The third kappa shape index (κ3) is 11.7. The van der Waals surface area contributed by atoms with E-state index >= 15 is 0 Å². The summed E-state index contributed by atoms with van der Waals surface area (Å²) in [6.45, 7) is 24.8. The van der Waals surface area contributed by atoms with Crippen LogP contribution >= 0.6 is 0 Å². The van der Waals surface area contributed by atoms with E-state index < -0.39 is 35.3 Å². The molecule has 0 radical (unpaired) electrons. The Morgan fingerprint density at radius 2 is 1.65 bits per heavy atom. The molecule has 3 aliphatic heterocycles. The van der Waals surface area contributed by atoms with Crippen molar-refractivity contribution in [1.29, 1.82) is 0 Å². The molecule has 0 aliphatic carbocycles. The second-order valence-electron chi connectivity index (χ2n) is 13.1. The van der Waals surface area contributed by atoms with Gasteiger partial charge in [0.2, 0.25) is 5.88 Å². The molecule has 0 saturated carbocycles. The van der Waals surface area contributed by atoms with Crippen LogP contribution in [0.4, 0.5) is 39.1 Å². The Hall–Kier alpha value is -5.15. The zero-order chi connectivity index (χ0) is 40.1. The molecule has 0 unspecified atom stereocenters. The Kier molecular flexibility index (Phi) is 15.9. The fourth-order valence-electron chi connectivity index (χ4n) is 6.19. The number of alkyl halides is 3. The highest BCUT2D eigenvalue weighted by atomic mass is 19.3. The monoisotopic (exact) mass is 769 g/mol. The van der Waals surface area contributed by atoms with Gasteiger partial charge in [0.1, 0.15) is 17.7 Å². The van der Waals surface area contributed by atoms with E-state index in [9.17, 15) is 22.0 Å². The number of allylic oxidation sites excluding steroid dienone is 3. The van der Waals surface area contributed by atoms with Crippen molar-refractivity contribution in [3.63, 3.8) is 0 Å². The summed E-state index contributed by atoms with van der Waals surface area (Å²) in [5, 5.41) is 9.20. The largest absolute Gasteiger partial charge is 0.435 e. The van der Waals surface area contributed by atoms with Gasteiger partial charge in [0.05, 0.1) is 12.7 Å². The van der Waals surface area contributed by atoms with Crippen LogP contribution in [-0.4, -0.2) is 90.8 Å². The highest BCUT2D eigenvalue weighted by molar-refractivity contribution is 5.83. The van der Waals surface area contributed by atoms with Crippen molar-refractivity contribution in [3.05, 3.63) is 102 Å². The van der Waals surface area contributed by atoms with Gasteiger partial charge in [0.25, 0.3) is 6.43 Å². The number of hydrogen-bond acceptors (Lipinski definition) is 9. The van der Waals surface area contributed by atoms with E-state index in [0.717, 1.165) is 89.1 Å². The molecule has 298 valence electrons. The highest BCUT2D eigenvalue weighted by Crippen LogP contribution is 2.38. The van der Waals surface area contributed by atoms with Crippen LogP contribution in [0.2, 0.25) is 0 Å². The van der Waals surface area contributed by atoms with Gasteiger partial charge in [-0.2, -0.15) is 0 Å². The first-order valence-corrected chi connectivity index (χ1v) is 18.2. The predicted molar refractivity (Wildman–Crippen MR) is 211 cm³/mol. The molecular formula is C40H52F5N9O. The van der Waals surface area contributed by atoms with Crippen LogP contribution in [0.1, 0.15) is 44.9 Å². The number of aromatic amines is 1. The predicted octanol–water partition coefficient (Wildman–Crippen LogP) is 8.57. The first-order chi connectivity index (χ1) is 26.4. The molecular weight excluding hydrogens is 717 g/mol. The quantitative estimate of drug-likeness (QED) is 0.132. The smallest absolute Gasteiger partial charge is 0.272 e. The molecule has 0 bridgehead atoms. The second-order valence-corrected chi connectivity index (χ2v) is 13.1. The van der Waals surface area contributed by atoms with E-state index in [1.165, 1.54) is 17.5 Å². The lowest BCUT2D eigenvalue weighted by atomic mass is 10.2. The Morgan fingerprint density at radius 3 is 2.18 bits per heavy atom. The van der Waals surface area contributed by atoms with Crippen molar-refractivity contribution < 1.29 is 26.7 Å². The lowest BCUT2D eigenvalue weighted by Crippen LogP contribution is -2.46. The molecule has 10 nitrogen and oxygen atoms in total. The molecule has 0 atom stereocenters. The van der Waals surface area contributed by atoms with E-state index in [1.807, 2.05) is 19.1 Å². The van der Waals surface area contributed by atoms with E-state index in [1.54, 1.807) is 19.1 Å². The van der Waals surface area contributed by atoms with E-state index in [-0.39, 0.29) is 16.7 Å². The number of rotatable bonds is 8. The number of piperazine rings is 2. The number of benzene rings is 2. The molecule has 4 aromatic rings. The molecule has 2 aromatic heterocycles. The molecule has 3 aliphatic rings. The number of fused-ring (bicyclic) bond motifs is 1. The van der Waals surface area contributed by atoms with Crippen molar-refractivity contribution in [2.75, 3.05) is 76.3 Å². The topological polar surface area (TPSA) is 96.6 Å². The lowest BCUT2D eigenvalue weighted by molar-refractivity contribution is 0.147. The summed E-state index contributed by atoms with van der Waals surface area (Å²) < 4.78 is 72.6. The zero-order valence-corrected chi connectivity index (χ0v) is 32.2. The van der Waals surface area contributed by atoms with Crippen LogP contribution in [0.25, 0.3) is 10.9 Å². The molecule has 15 heteroatoms. The average molecular weight is 770 g/mol. The summed E-state index contributed by atoms with van der Waals surface area (Å²) >= 11 is 0. The van der Waals surface area contributed by atoms with Crippen molar-refractivity contribution >= 4 is 28.1 Å². The average Bonchev–Trinajstić information content (AvgIpc) is 3.79. The number of aryl methyl sites for hydroxylation is 1. The van der Waals surface area contributed by atoms with Gasteiger partial charge in [0.15, 0.2) is 17.4 Å². The summed E-state index contributed by atoms with van der Waals surface area (Å²) in [7, 11) is 0.500. The first kappa shape index (κ1) is 42.6. The molecule has 2 fully saturated rings. The number of aromatic nitrogens is 3. The maximum Gasteiger partial charge on any atom is 0.272 e. The third-order valence-corrected chi connectivity index (χ3v) is 9.17. The SMILES string of the molecule is C=C(C)N1CCNCC1.C=C1CC=C(C)N1.CCN1CCN(c2ccc(Nc3ncnc(Oc4cc(F)c5[nH]c(C)cc5c4F)c3C(F)F)cc2)CC1.CF. The van der Waals surface area contributed by atoms with E-state index in [2.05, 4.69) is 78.7 Å². The van der Waals surface area contributed by atoms with Crippen LogP contribution in [0.15, 0.2) is 79.1 Å². The van der Waals surface area contributed by atoms with Crippen LogP contribution < -0.4 is 25.6 Å². The van der Waals surface area contributed by atoms with Gasteiger partial charge in [-0.15, -0.1) is 0 Å². The Balaban J connectivity index is 0.000000306. The summed E-state index contributed by atoms with van der Waals surface area (Å²) in [6, 6.07) is 9.59. The van der Waals surface area contributed by atoms with E-state index in [0.29, 0.717) is 18.6 Å². The number of H-pyrrole nitrogens is 1. The maximum absolute atomic E-state index is 15.0. The van der Waals surface area contributed by atoms with Crippen molar-refractivity contribution in [2.24, 2.45) is 0 Å². The Morgan fingerprint density at radius 1 is 0.982 bits per heavy atom. The minimum atomic E-state index is -3.04. The molecule has 5 heterocycles. The minimum Gasteiger partial charge on any atom is -0.435 e. The van der Waals surface area contributed by atoms with Crippen molar-refractivity contribution in [1.82, 2.24) is 35.4 Å². The number of hydrogen-bond donors (Lipinski definition) is 4. The second kappa shape index (κ2) is 20.5. The first-order valence-electron chi connectivity index (χ1n) is 18.2. The molecule has 0 spiro atoms. The number of nitrogens with zero attached hydrogens (tertiary/aromatic N) is 5. The minimum absolute atomic E-state index is 0.0304. The molecule has 55 heavy (non-hydrogen) atoms. The van der Waals surface area contributed by atoms with Gasteiger partial charge in [-0.25, -0.2) is 27.5 Å². The zero-order valence-electron chi connectivity index (χ0n) is 32.2. The molecule has 7 rings (SSSR count). The van der Waals surface area contributed by atoms with Crippen molar-refractivity contribution in [3.8, 4) is 11.6 Å². The fourth-order valence-corrected chi connectivity index (χ4v) is 6.19. The Labute approximate surface area is 320 Å². The van der Waals surface area contributed by atoms with Gasteiger partial charge in [-0.1, -0.05) is 26.2 Å². The number of anilines is 3. The molecule has 2 saturated heterocycles. The lowest BCUT2D eigenvalue weighted by Gasteiger charge is -2.35. The fraction of sp³-hybridized carbons (Fsp3) is 0.400. The van der Waals surface area contributed by atoms with Gasteiger partial charge in [-0.05, 0) is 57.6 Å². The molecule has 0 amide bonds. The van der Waals surface area contributed by atoms with Gasteiger partial charge >= 0.3 is 0 Å². The maximum atomic E-state index is 15.0. The molecule has 4 N–H and O–H groups in total. The number of likely N-dealkylation sites (N-methyl/N-ethyl adjacent to an activating group) is 1. The van der Waals surface area contributed by atoms with Crippen LogP contribution in [0, 0.1) is 18.6 Å². The van der Waals surface area contributed by atoms with Gasteiger partial charge in [-0.3, -0.25) is 4.39 Å². The summed E-state index contributed by atoms with van der Waals surface area (Å²) in [5.74, 6) is -2.97. The summed E-state index contributed by atoms with van der Waals surface area (Å²) in [5.41, 5.74) is 4.95. The van der Waals surface area contributed by atoms with Gasteiger partial charge < -0.3 is 40.4 Å². The number of nitrogens with one attached hydrogen (secondary N) is 4. The third-order valence-electron chi connectivity index (χ3n) is 9.17. The molecule has 2 aromatic carbocycles. The summed E-state index contributed by atoms with van der Waals surface area (Å²) in [4.78, 5) is 17.4. The normalized spacial score (nSPS) is 15.5. The van der Waals surface area contributed by atoms with Gasteiger partial charge in [0, 0.05) is 104 Å². The number of halogens is 5. The standard InChI is InChI=1S/C26H26F4N6O.C7H14N2.C6H9N.CH3F/c1-3-35-8-10-36(11-9-35)17-6-4-16(5-7-17)34-25-21(24(29)30)26(32-14-31-25)37-20-13-19(27)23-18(22(20)28)12-15(2)33-23;1-7(2)9-5-3-8-4-6-9;1-5-3-4-6(2)7-5;1-2/h4-7,12-14,24,33H,3,8-11H2,1-2H3,(H,31,32,34);8H,1,3-6H2,2H3;4,7H,1,3H2,2H3;1H3. The van der Waals surface area contributed by atoms with Crippen LogP contribution in [-0.2, 0) is 0 Å². The van der Waals surface area contributed by atoms with E-state index in [4.69, 9.17) is 4.74 Å². The van der Waals surface area contributed by atoms with Crippen LogP contribution in [0.5, 0.6) is 11.6 Å². The van der Waals surface area contributed by atoms with Crippen molar-refractivity contribution in [2.45, 2.75) is 40.5 Å². The number of ether oxygens (including phenoxy) is 1. The summed E-state index contributed by atoms with van der Waals surface area (Å²) in [6.07, 6.45) is 1.12. The highest BCUT2D eigenvalue weighted by Gasteiger charge is 2.25.